The smallest absolute Gasteiger partial charge is 0.308 e. The van der Waals surface area contributed by atoms with Crippen LogP contribution in [0.4, 0.5) is 0 Å². The van der Waals surface area contributed by atoms with Crippen molar-refractivity contribution in [2.24, 2.45) is 11.3 Å². The first-order valence-corrected chi connectivity index (χ1v) is 7.09. The number of pyridine rings is 1. The number of carboxylic acid groups (broad SMARTS) is 1. The van der Waals surface area contributed by atoms with Crippen molar-refractivity contribution in [2.75, 3.05) is 6.54 Å². The van der Waals surface area contributed by atoms with Gasteiger partial charge in [-0.25, -0.2) is 0 Å². The summed E-state index contributed by atoms with van der Waals surface area (Å²) >= 11 is 0. The maximum absolute atomic E-state index is 11.9. The van der Waals surface area contributed by atoms with E-state index >= 15 is 0 Å². The fourth-order valence-electron chi connectivity index (χ4n) is 2.14. The minimum atomic E-state index is -0.876. The topological polar surface area (TPSA) is 79.3 Å². The van der Waals surface area contributed by atoms with E-state index in [9.17, 15) is 14.7 Å². The maximum atomic E-state index is 11.9. The molecule has 1 aromatic heterocycles. The van der Waals surface area contributed by atoms with Crippen LogP contribution in [0.3, 0.4) is 0 Å². The third kappa shape index (κ3) is 6.38. The highest BCUT2D eigenvalue weighted by molar-refractivity contribution is 5.79. The van der Waals surface area contributed by atoms with Crippen molar-refractivity contribution < 1.29 is 14.7 Å². The van der Waals surface area contributed by atoms with Gasteiger partial charge in [0.25, 0.3) is 0 Å². The number of carbonyl (C=O) groups excluding carboxylic acids is 1. The summed E-state index contributed by atoms with van der Waals surface area (Å²) in [6, 6.07) is 3.72. The van der Waals surface area contributed by atoms with Crippen LogP contribution in [-0.2, 0) is 16.0 Å². The molecule has 2 N–H and O–H groups in total. The van der Waals surface area contributed by atoms with Crippen LogP contribution < -0.4 is 5.32 Å². The van der Waals surface area contributed by atoms with Crippen LogP contribution in [0.2, 0.25) is 0 Å². The molecule has 1 rings (SSSR count). The molecule has 1 amide bonds. The third-order valence-electron chi connectivity index (χ3n) is 3.20. The van der Waals surface area contributed by atoms with Gasteiger partial charge in [-0.1, -0.05) is 26.8 Å². The molecular weight excluding hydrogens is 268 g/mol. The minimum Gasteiger partial charge on any atom is -0.481 e. The van der Waals surface area contributed by atoms with Crippen LogP contribution >= 0.6 is 0 Å². The lowest BCUT2D eigenvalue weighted by Crippen LogP contribution is -2.35. The molecule has 1 heterocycles. The van der Waals surface area contributed by atoms with E-state index in [1.807, 2.05) is 39.8 Å². The summed E-state index contributed by atoms with van der Waals surface area (Å²) < 4.78 is 0. The summed E-state index contributed by atoms with van der Waals surface area (Å²) in [7, 11) is 0. The predicted octanol–water partition coefficient (Wildman–Crippen LogP) is 2.19. The van der Waals surface area contributed by atoms with E-state index in [-0.39, 0.29) is 24.3 Å². The van der Waals surface area contributed by atoms with Gasteiger partial charge in [-0.15, -0.1) is 0 Å². The molecule has 1 unspecified atom stereocenters. The number of rotatable bonds is 6. The SMILES string of the molecule is Cc1cccnc1CC(=O)NCC(CC(C)(C)C)C(=O)O. The van der Waals surface area contributed by atoms with E-state index in [0.29, 0.717) is 6.42 Å². The second-order valence-electron chi connectivity index (χ2n) is 6.55. The van der Waals surface area contributed by atoms with Crippen LogP contribution in [0, 0.1) is 18.3 Å². The summed E-state index contributed by atoms with van der Waals surface area (Å²) in [4.78, 5) is 27.3. The molecule has 0 radical (unpaired) electrons. The zero-order chi connectivity index (χ0) is 16.0. The molecule has 0 bridgehead atoms. The second kappa shape index (κ2) is 7.20. The van der Waals surface area contributed by atoms with Gasteiger partial charge in [0, 0.05) is 12.7 Å². The Kier molecular flexibility index (Phi) is 5.88. The first kappa shape index (κ1) is 17.1. The van der Waals surface area contributed by atoms with Crippen LogP contribution in [0.15, 0.2) is 18.3 Å². The fourth-order valence-corrected chi connectivity index (χ4v) is 2.14. The number of carboxylic acids is 1. The highest BCUT2D eigenvalue weighted by Crippen LogP contribution is 2.24. The minimum absolute atomic E-state index is 0.0919. The van der Waals surface area contributed by atoms with E-state index in [1.54, 1.807) is 6.20 Å². The molecule has 0 spiro atoms. The fraction of sp³-hybridized carbons (Fsp3) is 0.562. The van der Waals surface area contributed by atoms with Gasteiger partial charge in [-0.05, 0) is 30.4 Å². The van der Waals surface area contributed by atoms with Gasteiger partial charge in [0.2, 0.25) is 5.91 Å². The summed E-state index contributed by atoms with van der Waals surface area (Å²) in [6.45, 7) is 8.01. The van der Waals surface area contributed by atoms with Crippen molar-refractivity contribution in [3.05, 3.63) is 29.6 Å². The predicted molar refractivity (Wildman–Crippen MR) is 80.9 cm³/mol. The lowest BCUT2D eigenvalue weighted by atomic mass is 9.84. The molecule has 1 aromatic rings. The monoisotopic (exact) mass is 292 g/mol. The van der Waals surface area contributed by atoms with Crippen molar-refractivity contribution in [1.82, 2.24) is 10.3 Å². The van der Waals surface area contributed by atoms with Crippen LogP contribution in [0.1, 0.15) is 38.4 Å². The van der Waals surface area contributed by atoms with E-state index in [1.165, 1.54) is 0 Å². The van der Waals surface area contributed by atoms with Crippen molar-refractivity contribution >= 4 is 11.9 Å². The van der Waals surface area contributed by atoms with E-state index < -0.39 is 11.9 Å². The van der Waals surface area contributed by atoms with Gasteiger partial charge in [0.15, 0.2) is 0 Å². The number of carbonyl (C=O) groups is 2. The largest absolute Gasteiger partial charge is 0.481 e. The molecule has 21 heavy (non-hydrogen) atoms. The lowest BCUT2D eigenvalue weighted by molar-refractivity contribution is -0.142. The molecule has 0 aromatic carbocycles. The van der Waals surface area contributed by atoms with Gasteiger partial charge in [0.05, 0.1) is 18.0 Å². The average Bonchev–Trinajstić information content (AvgIpc) is 2.35. The Morgan fingerprint density at radius 3 is 2.57 bits per heavy atom. The summed E-state index contributed by atoms with van der Waals surface area (Å²) in [5, 5.41) is 11.9. The molecule has 0 saturated carbocycles. The average molecular weight is 292 g/mol. The summed E-state index contributed by atoms with van der Waals surface area (Å²) in [5.74, 6) is -1.64. The van der Waals surface area contributed by atoms with Gasteiger partial charge >= 0.3 is 5.97 Å². The van der Waals surface area contributed by atoms with Gasteiger partial charge in [0.1, 0.15) is 0 Å². The Labute approximate surface area is 125 Å². The molecule has 1 atom stereocenters. The van der Waals surface area contributed by atoms with E-state index in [2.05, 4.69) is 10.3 Å². The van der Waals surface area contributed by atoms with E-state index in [4.69, 9.17) is 0 Å². The summed E-state index contributed by atoms with van der Waals surface area (Å²) in [6.07, 6.45) is 2.34. The van der Waals surface area contributed by atoms with Crippen LogP contribution in [0.5, 0.6) is 0 Å². The zero-order valence-electron chi connectivity index (χ0n) is 13.1. The van der Waals surface area contributed by atoms with Crippen LogP contribution in [0.25, 0.3) is 0 Å². The Bertz CT molecular complexity index is 506. The van der Waals surface area contributed by atoms with Crippen molar-refractivity contribution in [3.8, 4) is 0 Å². The highest BCUT2D eigenvalue weighted by atomic mass is 16.4. The number of nitrogens with zero attached hydrogens (tertiary/aromatic N) is 1. The zero-order valence-corrected chi connectivity index (χ0v) is 13.1. The first-order chi connectivity index (χ1) is 9.69. The van der Waals surface area contributed by atoms with Crippen molar-refractivity contribution in [3.63, 3.8) is 0 Å². The quantitative estimate of drug-likeness (QED) is 0.842. The van der Waals surface area contributed by atoms with Gasteiger partial charge in [-0.2, -0.15) is 0 Å². The number of aromatic nitrogens is 1. The maximum Gasteiger partial charge on any atom is 0.308 e. The Hall–Kier alpha value is -1.91. The molecule has 116 valence electrons. The number of hydrogen-bond donors (Lipinski definition) is 2. The molecule has 5 nitrogen and oxygen atoms in total. The number of amides is 1. The van der Waals surface area contributed by atoms with Crippen molar-refractivity contribution in [1.29, 1.82) is 0 Å². The van der Waals surface area contributed by atoms with Gasteiger partial charge in [-0.3, -0.25) is 14.6 Å². The molecule has 0 aliphatic rings. The number of nitrogens with one attached hydrogen (secondary N) is 1. The summed E-state index contributed by atoms with van der Waals surface area (Å²) in [5.41, 5.74) is 1.58. The number of aryl methyl sites for hydroxylation is 1. The number of aliphatic carboxylic acids is 1. The molecule has 0 fully saturated rings. The highest BCUT2D eigenvalue weighted by Gasteiger charge is 2.25. The molecule has 5 heteroatoms. The first-order valence-electron chi connectivity index (χ1n) is 7.09. The number of hydrogen-bond acceptors (Lipinski definition) is 3. The van der Waals surface area contributed by atoms with E-state index in [0.717, 1.165) is 11.3 Å². The molecule has 0 aliphatic carbocycles. The second-order valence-corrected chi connectivity index (χ2v) is 6.55. The lowest BCUT2D eigenvalue weighted by Gasteiger charge is -2.23. The Morgan fingerprint density at radius 1 is 1.38 bits per heavy atom. The molecular formula is C16H24N2O3. The normalized spacial score (nSPS) is 12.8. The standard InChI is InChI=1S/C16H24N2O3/c1-11-6-5-7-17-13(11)8-14(19)18-10-12(15(20)21)9-16(2,3)4/h5-7,12H,8-10H2,1-4H3,(H,18,19)(H,20,21). The molecule has 0 saturated heterocycles. The Morgan fingerprint density at radius 2 is 2.05 bits per heavy atom. The van der Waals surface area contributed by atoms with Crippen molar-refractivity contribution in [2.45, 2.75) is 40.5 Å². The molecule has 0 aliphatic heterocycles. The van der Waals surface area contributed by atoms with Crippen LogP contribution in [-0.4, -0.2) is 28.5 Å². The third-order valence-corrected chi connectivity index (χ3v) is 3.20. The van der Waals surface area contributed by atoms with Gasteiger partial charge < -0.3 is 10.4 Å². The Balaban J connectivity index is 2.54.